The second kappa shape index (κ2) is 8.19. The van der Waals surface area contributed by atoms with Gasteiger partial charge in [-0.2, -0.15) is 0 Å². The Kier molecular flexibility index (Phi) is 5.73. The second-order valence-electron chi connectivity index (χ2n) is 6.12. The summed E-state index contributed by atoms with van der Waals surface area (Å²) >= 11 is 1.08. The van der Waals surface area contributed by atoms with Crippen LogP contribution >= 0.6 is 11.8 Å². The summed E-state index contributed by atoms with van der Waals surface area (Å²) in [6, 6.07) is 18.1. The fourth-order valence-electron chi connectivity index (χ4n) is 2.92. The molecule has 2 aromatic rings. The van der Waals surface area contributed by atoms with Crippen LogP contribution in [0.5, 0.6) is 0 Å². The number of urea groups is 1. The number of carbonyl (C=O) groups excluding carboxylic acids is 3. The number of thioether (sulfide) groups is 1. The zero-order valence-electron chi connectivity index (χ0n) is 14.5. The molecule has 0 bridgehead atoms. The first-order valence-electron chi connectivity index (χ1n) is 8.39. The van der Waals surface area contributed by atoms with Gasteiger partial charge in [0, 0.05) is 19.2 Å². The van der Waals surface area contributed by atoms with E-state index < -0.39 is 6.04 Å². The number of carbonyl (C=O) groups is 3. The van der Waals surface area contributed by atoms with Crippen molar-refractivity contribution in [2.45, 2.75) is 26.1 Å². The third-order valence-electron chi connectivity index (χ3n) is 4.23. The van der Waals surface area contributed by atoms with Crippen molar-refractivity contribution in [3.8, 4) is 0 Å². The Morgan fingerprint density at radius 2 is 1.46 bits per heavy atom. The maximum atomic E-state index is 12.9. The first-order chi connectivity index (χ1) is 12.6. The summed E-state index contributed by atoms with van der Waals surface area (Å²) in [6.45, 7) is 2.06. The molecule has 1 saturated heterocycles. The van der Waals surface area contributed by atoms with Crippen LogP contribution in [0.25, 0.3) is 0 Å². The average molecular weight is 368 g/mol. The highest BCUT2D eigenvalue weighted by Gasteiger charge is 2.44. The van der Waals surface area contributed by atoms with E-state index in [0.29, 0.717) is 6.54 Å². The first-order valence-corrected chi connectivity index (χ1v) is 9.38. The average Bonchev–Trinajstić information content (AvgIpc) is 2.86. The predicted molar refractivity (Wildman–Crippen MR) is 101 cm³/mol. The second-order valence-corrected chi connectivity index (χ2v) is 7.32. The van der Waals surface area contributed by atoms with Gasteiger partial charge in [-0.3, -0.25) is 14.5 Å². The van der Waals surface area contributed by atoms with Crippen LogP contribution in [0.4, 0.5) is 4.79 Å². The SMILES string of the molecule is CC(=O)SCC1C(=O)N(Cc2ccccc2)C(=O)N1Cc1ccccc1. The van der Waals surface area contributed by atoms with Crippen LogP contribution in [-0.2, 0) is 22.7 Å². The molecule has 1 aliphatic heterocycles. The summed E-state index contributed by atoms with van der Waals surface area (Å²) in [5, 5.41) is -0.0635. The maximum absolute atomic E-state index is 12.9. The van der Waals surface area contributed by atoms with Crippen molar-refractivity contribution >= 4 is 28.8 Å². The van der Waals surface area contributed by atoms with E-state index in [9.17, 15) is 14.4 Å². The molecule has 1 heterocycles. The number of nitrogens with zero attached hydrogens (tertiary/aromatic N) is 2. The lowest BCUT2D eigenvalue weighted by molar-refractivity contribution is -0.128. The molecule has 3 rings (SSSR count). The van der Waals surface area contributed by atoms with Crippen molar-refractivity contribution in [1.29, 1.82) is 0 Å². The number of hydrogen-bond donors (Lipinski definition) is 0. The summed E-state index contributed by atoms with van der Waals surface area (Å²) in [5.41, 5.74) is 1.85. The van der Waals surface area contributed by atoms with E-state index in [0.717, 1.165) is 22.9 Å². The van der Waals surface area contributed by atoms with Crippen LogP contribution < -0.4 is 0 Å². The molecule has 2 aromatic carbocycles. The largest absolute Gasteiger partial charge is 0.328 e. The fraction of sp³-hybridized carbons (Fsp3) is 0.250. The van der Waals surface area contributed by atoms with Gasteiger partial charge in [-0.1, -0.05) is 72.4 Å². The molecule has 3 amide bonds. The van der Waals surface area contributed by atoms with Gasteiger partial charge in [0.1, 0.15) is 6.04 Å². The number of rotatable bonds is 6. The third-order valence-corrected chi connectivity index (χ3v) is 5.12. The molecule has 1 unspecified atom stereocenters. The summed E-state index contributed by atoms with van der Waals surface area (Å²) in [5.74, 6) is 0.0291. The summed E-state index contributed by atoms with van der Waals surface area (Å²) in [6.07, 6.45) is 0. The molecule has 6 heteroatoms. The Morgan fingerprint density at radius 3 is 2.00 bits per heavy atom. The summed E-state index contributed by atoms with van der Waals surface area (Å²) < 4.78 is 0. The zero-order valence-corrected chi connectivity index (χ0v) is 15.3. The van der Waals surface area contributed by atoms with Crippen LogP contribution in [0.15, 0.2) is 60.7 Å². The first kappa shape index (κ1) is 18.2. The van der Waals surface area contributed by atoms with Gasteiger partial charge in [0.2, 0.25) is 0 Å². The summed E-state index contributed by atoms with van der Waals surface area (Å²) in [4.78, 5) is 40.0. The van der Waals surface area contributed by atoms with Gasteiger partial charge in [0.05, 0.1) is 6.54 Å². The predicted octanol–water partition coefficient (Wildman–Crippen LogP) is 3.30. The van der Waals surface area contributed by atoms with Gasteiger partial charge in [-0.15, -0.1) is 0 Å². The molecule has 1 atom stereocenters. The fourth-order valence-corrected chi connectivity index (χ4v) is 3.64. The van der Waals surface area contributed by atoms with Crippen LogP contribution in [0, 0.1) is 0 Å². The molecule has 1 fully saturated rings. The molecule has 0 N–H and O–H groups in total. The quantitative estimate of drug-likeness (QED) is 0.734. The highest BCUT2D eigenvalue weighted by molar-refractivity contribution is 8.13. The van der Waals surface area contributed by atoms with E-state index in [1.807, 2.05) is 60.7 Å². The molecule has 0 aromatic heterocycles. The minimum atomic E-state index is -0.625. The van der Waals surface area contributed by atoms with E-state index in [2.05, 4.69) is 0 Å². The van der Waals surface area contributed by atoms with Gasteiger partial charge in [0.25, 0.3) is 5.91 Å². The molecule has 134 valence electrons. The van der Waals surface area contributed by atoms with Gasteiger partial charge < -0.3 is 4.90 Å². The molecule has 0 saturated carbocycles. The number of amides is 3. The van der Waals surface area contributed by atoms with Crippen molar-refractivity contribution in [2.24, 2.45) is 0 Å². The van der Waals surface area contributed by atoms with Gasteiger partial charge in [0.15, 0.2) is 5.12 Å². The van der Waals surface area contributed by atoms with Gasteiger partial charge in [-0.05, 0) is 11.1 Å². The van der Waals surface area contributed by atoms with Crippen LogP contribution in [-0.4, -0.2) is 38.6 Å². The molecule has 1 aliphatic rings. The van der Waals surface area contributed by atoms with Crippen molar-refractivity contribution in [3.63, 3.8) is 0 Å². The molecular weight excluding hydrogens is 348 g/mol. The van der Waals surface area contributed by atoms with E-state index in [1.54, 1.807) is 4.90 Å². The minimum Gasteiger partial charge on any atom is -0.307 e. The van der Waals surface area contributed by atoms with Crippen molar-refractivity contribution in [1.82, 2.24) is 9.80 Å². The lowest BCUT2D eigenvalue weighted by atomic mass is 10.2. The Hall–Kier alpha value is -2.60. The van der Waals surface area contributed by atoms with Crippen molar-refractivity contribution < 1.29 is 14.4 Å². The Bertz CT molecular complexity index is 795. The Morgan fingerprint density at radius 1 is 0.923 bits per heavy atom. The normalized spacial score (nSPS) is 17.0. The number of imide groups is 1. The monoisotopic (exact) mass is 368 g/mol. The van der Waals surface area contributed by atoms with Crippen molar-refractivity contribution in [2.75, 3.05) is 5.75 Å². The Balaban J connectivity index is 1.82. The summed E-state index contributed by atoms with van der Waals surface area (Å²) in [7, 11) is 0. The molecule has 5 nitrogen and oxygen atoms in total. The van der Waals surface area contributed by atoms with Crippen LogP contribution in [0.3, 0.4) is 0 Å². The zero-order chi connectivity index (χ0) is 18.5. The lowest BCUT2D eigenvalue weighted by Crippen LogP contribution is -2.36. The number of benzene rings is 2. The van der Waals surface area contributed by atoms with Gasteiger partial charge >= 0.3 is 6.03 Å². The standard InChI is InChI=1S/C20H20N2O3S/c1-15(23)26-14-18-19(24)22(13-17-10-6-3-7-11-17)20(25)21(18)12-16-8-4-2-5-9-16/h2-11,18H,12-14H2,1H3. The topological polar surface area (TPSA) is 57.7 Å². The lowest BCUT2D eigenvalue weighted by Gasteiger charge is -2.21. The molecular formula is C20H20N2O3S. The molecule has 0 spiro atoms. The Labute approximate surface area is 157 Å². The molecule has 26 heavy (non-hydrogen) atoms. The number of hydrogen-bond acceptors (Lipinski definition) is 4. The highest BCUT2D eigenvalue weighted by Crippen LogP contribution is 2.25. The van der Waals surface area contributed by atoms with E-state index in [1.165, 1.54) is 11.8 Å². The van der Waals surface area contributed by atoms with Crippen molar-refractivity contribution in [3.05, 3.63) is 71.8 Å². The van der Waals surface area contributed by atoms with E-state index in [4.69, 9.17) is 0 Å². The molecule has 0 radical (unpaired) electrons. The van der Waals surface area contributed by atoms with Crippen LogP contribution in [0.2, 0.25) is 0 Å². The smallest absolute Gasteiger partial charge is 0.307 e. The maximum Gasteiger partial charge on any atom is 0.328 e. The third kappa shape index (κ3) is 4.14. The molecule has 0 aliphatic carbocycles. The van der Waals surface area contributed by atoms with E-state index >= 15 is 0 Å². The van der Waals surface area contributed by atoms with Crippen LogP contribution in [0.1, 0.15) is 18.1 Å². The van der Waals surface area contributed by atoms with E-state index in [-0.39, 0.29) is 29.4 Å². The van der Waals surface area contributed by atoms with Gasteiger partial charge in [-0.25, -0.2) is 4.79 Å². The minimum absolute atomic E-state index is 0.0635. The highest BCUT2D eigenvalue weighted by atomic mass is 32.2.